The van der Waals surface area contributed by atoms with Gasteiger partial charge in [-0.25, -0.2) is 4.79 Å². The second-order valence-electron chi connectivity index (χ2n) is 5.93. The molecule has 1 aliphatic rings. The standard InChI is InChI=1S/C18H17ClF3N3O/c19-15-6-1-2-7-16(15)23-17(26)25-10-8-24(9-11-25)14-5-3-4-13(12-14)18(20,21)22/h1-7,12H,8-11H2,(H,23,26). The van der Waals surface area contributed by atoms with E-state index in [0.29, 0.717) is 42.6 Å². The van der Waals surface area contributed by atoms with Gasteiger partial charge in [0, 0.05) is 31.9 Å². The summed E-state index contributed by atoms with van der Waals surface area (Å²) in [6, 6.07) is 11.9. The second-order valence-corrected chi connectivity index (χ2v) is 6.34. The predicted octanol–water partition coefficient (Wildman–Crippen LogP) is 4.71. The molecule has 0 spiro atoms. The Balaban J connectivity index is 1.61. The maximum Gasteiger partial charge on any atom is 0.416 e. The number of amides is 2. The zero-order valence-electron chi connectivity index (χ0n) is 13.8. The third-order valence-electron chi connectivity index (χ3n) is 4.22. The maximum atomic E-state index is 12.9. The van der Waals surface area contributed by atoms with Crippen LogP contribution in [0.15, 0.2) is 48.5 Å². The number of carbonyl (C=O) groups excluding carboxylic acids is 1. The molecule has 0 aromatic heterocycles. The first-order valence-electron chi connectivity index (χ1n) is 8.07. The highest BCUT2D eigenvalue weighted by molar-refractivity contribution is 6.33. The molecular formula is C18H17ClF3N3O. The van der Waals surface area contributed by atoms with Crippen molar-refractivity contribution in [2.75, 3.05) is 36.4 Å². The molecular weight excluding hydrogens is 367 g/mol. The first-order chi connectivity index (χ1) is 12.3. The number of urea groups is 1. The van der Waals surface area contributed by atoms with Gasteiger partial charge < -0.3 is 15.1 Å². The molecule has 1 fully saturated rings. The van der Waals surface area contributed by atoms with Gasteiger partial charge in [-0.2, -0.15) is 13.2 Å². The maximum absolute atomic E-state index is 12.9. The van der Waals surface area contributed by atoms with Crippen LogP contribution in [0.2, 0.25) is 5.02 Å². The van der Waals surface area contributed by atoms with Gasteiger partial charge in [-0.1, -0.05) is 29.8 Å². The average Bonchev–Trinajstić information content (AvgIpc) is 2.63. The van der Waals surface area contributed by atoms with Crippen LogP contribution in [0.25, 0.3) is 0 Å². The van der Waals surface area contributed by atoms with Gasteiger partial charge >= 0.3 is 12.2 Å². The Kier molecular flexibility index (Phi) is 5.27. The molecule has 8 heteroatoms. The van der Waals surface area contributed by atoms with Crippen molar-refractivity contribution in [1.29, 1.82) is 0 Å². The largest absolute Gasteiger partial charge is 0.416 e. The number of alkyl halides is 3. The van der Waals surface area contributed by atoms with Crippen molar-refractivity contribution >= 4 is 29.0 Å². The minimum atomic E-state index is -4.37. The highest BCUT2D eigenvalue weighted by atomic mass is 35.5. The number of nitrogens with one attached hydrogen (secondary N) is 1. The van der Waals surface area contributed by atoms with E-state index in [1.54, 1.807) is 35.2 Å². The van der Waals surface area contributed by atoms with E-state index in [1.807, 2.05) is 4.90 Å². The summed E-state index contributed by atoms with van der Waals surface area (Å²) in [4.78, 5) is 15.8. The van der Waals surface area contributed by atoms with E-state index in [9.17, 15) is 18.0 Å². The van der Waals surface area contributed by atoms with Crippen LogP contribution in [-0.4, -0.2) is 37.1 Å². The van der Waals surface area contributed by atoms with Crippen molar-refractivity contribution in [2.45, 2.75) is 6.18 Å². The molecule has 0 bridgehead atoms. The number of halogens is 4. The smallest absolute Gasteiger partial charge is 0.368 e. The first-order valence-corrected chi connectivity index (χ1v) is 8.45. The molecule has 1 N–H and O–H groups in total. The van der Waals surface area contributed by atoms with Crippen LogP contribution >= 0.6 is 11.6 Å². The summed E-state index contributed by atoms with van der Waals surface area (Å²) >= 11 is 6.03. The number of nitrogens with zero attached hydrogens (tertiary/aromatic N) is 2. The topological polar surface area (TPSA) is 35.6 Å². The second kappa shape index (κ2) is 7.45. The summed E-state index contributed by atoms with van der Waals surface area (Å²) < 4.78 is 38.6. The van der Waals surface area contributed by atoms with Crippen LogP contribution in [-0.2, 0) is 6.18 Å². The van der Waals surface area contributed by atoms with Gasteiger partial charge in [-0.05, 0) is 30.3 Å². The van der Waals surface area contributed by atoms with Crippen LogP contribution in [0.4, 0.5) is 29.3 Å². The van der Waals surface area contributed by atoms with E-state index in [1.165, 1.54) is 6.07 Å². The molecule has 2 aromatic carbocycles. The number of hydrogen-bond acceptors (Lipinski definition) is 2. The SMILES string of the molecule is O=C(Nc1ccccc1Cl)N1CCN(c2cccc(C(F)(F)F)c2)CC1. The van der Waals surface area contributed by atoms with E-state index >= 15 is 0 Å². The average molecular weight is 384 g/mol. The van der Waals surface area contributed by atoms with E-state index < -0.39 is 11.7 Å². The summed E-state index contributed by atoms with van der Waals surface area (Å²) in [7, 11) is 0. The number of rotatable bonds is 2. The highest BCUT2D eigenvalue weighted by Gasteiger charge is 2.31. The lowest BCUT2D eigenvalue weighted by molar-refractivity contribution is -0.137. The van der Waals surface area contributed by atoms with Crippen molar-refractivity contribution in [3.63, 3.8) is 0 Å². The van der Waals surface area contributed by atoms with Crippen molar-refractivity contribution in [3.8, 4) is 0 Å². The molecule has 26 heavy (non-hydrogen) atoms. The Labute approximate surface area is 154 Å². The Morgan fingerprint density at radius 3 is 2.35 bits per heavy atom. The van der Waals surface area contributed by atoms with Gasteiger partial charge in [0.15, 0.2) is 0 Å². The van der Waals surface area contributed by atoms with E-state index in [-0.39, 0.29) is 6.03 Å². The Hall–Kier alpha value is -2.41. The predicted molar refractivity (Wildman–Crippen MR) is 95.7 cm³/mol. The molecule has 4 nitrogen and oxygen atoms in total. The summed E-state index contributed by atoms with van der Waals surface area (Å²) in [5.74, 6) is 0. The minimum Gasteiger partial charge on any atom is -0.368 e. The molecule has 1 heterocycles. The third kappa shape index (κ3) is 4.22. The molecule has 138 valence electrons. The fourth-order valence-corrected chi connectivity index (χ4v) is 2.99. The lowest BCUT2D eigenvalue weighted by Crippen LogP contribution is -2.50. The highest BCUT2D eigenvalue weighted by Crippen LogP contribution is 2.32. The molecule has 1 saturated heterocycles. The summed E-state index contributed by atoms with van der Waals surface area (Å²) in [6.07, 6.45) is -4.37. The molecule has 1 aliphatic heterocycles. The van der Waals surface area contributed by atoms with Gasteiger partial charge in [-0.3, -0.25) is 0 Å². The molecule has 0 saturated carbocycles. The Morgan fingerprint density at radius 1 is 1.00 bits per heavy atom. The Morgan fingerprint density at radius 2 is 1.69 bits per heavy atom. The van der Waals surface area contributed by atoms with Crippen molar-refractivity contribution in [2.24, 2.45) is 0 Å². The van der Waals surface area contributed by atoms with Gasteiger partial charge in [0.2, 0.25) is 0 Å². The van der Waals surface area contributed by atoms with Gasteiger partial charge in [0.25, 0.3) is 0 Å². The van der Waals surface area contributed by atoms with Crippen LogP contribution in [0, 0.1) is 0 Å². The molecule has 2 aromatic rings. The van der Waals surface area contributed by atoms with Crippen molar-refractivity contribution in [3.05, 3.63) is 59.1 Å². The zero-order chi connectivity index (χ0) is 18.7. The molecule has 0 atom stereocenters. The number of carbonyl (C=O) groups is 1. The fraction of sp³-hybridized carbons (Fsp3) is 0.278. The lowest BCUT2D eigenvalue weighted by Gasteiger charge is -2.36. The molecule has 0 radical (unpaired) electrons. The zero-order valence-corrected chi connectivity index (χ0v) is 14.5. The minimum absolute atomic E-state index is 0.276. The number of hydrogen-bond donors (Lipinski definition) is 1. The molecule has 0 aliphatic carbocycles. The Bertz CT molecular complexity index is 789. The molecule has 2 amide bonds. The summed E-state index contributed by atoms with van der Waals surface area (Å²) in [5, 5.41) is 3.20. The van der Waals surface area contributed by atoms with Gasteiger partial charge in [-0.15, -0.1) is 0 Å². The van der Waals surface area contributed by atoms with Crippen LogP contribution in [0.1, 0.15) is 5.56 Å². The summed E-state index contributed by atoms with van der Waals surface area (Å²) in [5.41, 5.74) is 0.361. The fourth-order valence-electron chi connectivity index (χ4n) is 2.80. The number of anilines is 2. The quantitative estimate of drug-likeness (QED) is 0.815. The van der Waals surface area contributed by atoms with E-state index in [4.69, 9.17) is 11.6 Å². The number of piperazine rings is 1. The van der Waals surface area contributed by atoms with Crippen LogP contribution < -0.4 is 10.2 Å². The van der Waals surface area contributed by atoms with E-state index in [0.717, 1.165) is 12.1 Å². The number of benzene rings is 2. The molecule has 3 rings (SSSR count). The molecule has 0 unspecified atom stereocenters. The normalized spacial score (nSPS) is 15.1. The van der Waals surface area contributed by atoms with Gasteiger partial charge in [0.1, 0.15) is 0 Å². The lowest BCUT2D eigenvalue weighted by atomic mass is 10.1. The van der Waals surface area contributed by atoms with Crippen LogP contribution in [0.5, 0.6) is 0 Å². The van der Waals surface area contributed by atoms with Crippen LogP contribution in [0.3, 0.4) is 0 Å². The van der Waals surface area contributed by atoms with Crippen molar-refractivity contribution < 1.29 is 18.0 Å². The number of para-hydroxylation sites is 1. The van der Waals surface area contributed by atoms with E-state index in [2.05, 4.69) is 5.32 Å². The van der Waals surface area contributed by atoms with Gasteiger partial charge in [0.05, 0.1) is 16.3 Å². The summed E-state index contributed by atoms with van der Waals surface area (Å²) in [6.45, 7) is 1.73. The van der Waals surface area contributed by atoms with Crippen molar-refractivity contribution in [1.82, 2.24) is 4.90 Å². The first kappa shape index (κ1) is 18.4. The third-order valence-corrected chi connectivity index (χ3v) is 4.55. The monoisotopic (exact) mass is 383 g/mol.